The molecule has 0 amide bonds. The topological polar surface area (TPSA) is 118 Å². The zero-order valence-electron chi connectivity index (χ0n) is 12.4. The molecule has 0 aliphatic heterocycles. The first-order valence-corrected chi connectivity index (χ1v) is 9.79. The maximum absolute atomic E-state index is 8.82. The van der Waals surface area contributed by atoms with Crippen molar-refractivity contribution in [3.05, 3.63) is 0 Å². The molecule has 0 unspecified atom stereocenters. The molecule has 8 nitrogen and oxygen atoms in total. The third kappa shape index (κ3) is 11.6. The predicted octanol–water partition coefficient (Wildman–Crippen LogP) is -0.604. The summed E-state index contributed by atoms with van der Waals surface area (Å²) < 4.78 is 22.5. The molecule has 0 spiro atoms. The Balaban J connectivity index is 4.52. The van der Waals surface area contributed by atoms with Gasteiger partial charge in [0.15, 0.2) is 0 Å². The molecule has 0 heterocycles. The van der Waals surface area contributed by atoms with Crippen LogP contribution < -0.4 is 0 Å². The zero-order chi connectivity index (χ0) is 15.8. The van der Waals surface area contributed by atoms with Crippen LogP contribution in [0.5, 0.6) is 0 Å². The van der Waals surface area contributed by atoms with E-state index in [2.05, 4.69) is 0 Å². The molecule has 21 heavy (non-hydrogen) atoms. The van der Waals surface area contributed by atoms with Crippen molar-refractivity contribution >= 4 is 0 Å². The van der Waals surface area contributed by atoms with Crippen molar-refractivity contribution < 1.29 is 51.8 Å². The standard InChI is InChI=1S/4C3H7O2.Ti/c4*4-2-1-3-5;/h4*4H,1-3H2;/q4*-1;+4. The summed E-state index contributed by atoms with van der Waals surface area (Å²) in [5.74, 6) is 0. The Bertz CT molecular complexity index is 174. The number of hydrogen-bond acceptors (Lipinski definition) is 8. The molecule has 0 saturated carbocycles. The summed E-state index contributed by atoms with van der Waals surface area (Å²) in [5.41, 5.74) is 0. The fourth-order valence-electron chi connectivity index (χ4n) is 1.30. The number of aliphatic hydroxyl groups excluding tert-OH is 4. The van der Waals surface area contributed by atoms with Crippen LogP contribution >= 0.6 is 0 Å². The fourth-order valence-corrected chi connectivity index (χ4v) is 4.54. The summed E-state index contributed by atoms with van der Waals surface area (Å²) in [6.07, 6.45) is 1.73. The van der Waals surface area contributed by atoms with Gasteiger partial charge in [-0.25, -0.2) is 0 Å². The van der Waals surface area contributed by atoms with Gasteiger partial charge >= 0.3 is 130 Å². The van der Waals surface area contributed by atoms with Gasteiger partial charge in [-0.2, -0.15) is 0 Å². The molecule has 0 aromatic rings. The van der Waals surface area contributed by atoms with Crippen molar-refractivity contribution in [2.75, 3.05) is 52.9 Å². The molecule has 0 aromatic carbocycles. The monoisotopic (exact) mass is 348 g/mol. The van der Waals surface area contributed by atoms with Gasteiger partial charge in [-0.05, 0) is 0 Å². The first-order chi connectivity index (χ1) is 10.2. The minimum absolute atomic E-state index is 0.0117. The van der Waals surface area contributed by atoms with Crippen molar-refractivity contribution in [1.29, 1.82) is 0 Å². The normalized spacial score (nSPS) is 12.0. The van der Waals surface area contributed by atoms with E-state index < -0.39 is 18.1 Å². The summed E-state index contributed by atoms with van der Waals surface area (Å²) in [6.45, 7) is 0.929. The summed E-state index contributed by atoms with van der Waals surface area (Å²) in [7, 11) is 0. The SMILES string of the molecule is OCCC[O][Ti]([O]CCCO)([O]CCCO)[O]CCCO. The van der Waals surface area contributed by atoms with Crippen LogP contribution in [0.1, 0.15) is 25.7 Å². The van der Waals surface area contributed by atoms with Crippen molar-refractivity contribution in [1.82, 2.24) is 0 Å². The van der Waals surface area contributed by atoms with E-state index in [4.69, 9.17) is 33.7 Å². The van der Waals surface area contributed by atoms with E-state index in [1.807, 2.05) is 0 Å². The van der Waals surface area contributed by atoms with E-state index in [0.29, 0.717) is 25.7 Å². The van der Waals surface area contributed by atoms with Gasteiger partial charge in [-0.3, -0.25) is 0 Å². The van der Waals surface area contributed by atoms with Gasteiger partial charge in [0.1, 0.15) is 0 Å². The van der Waals surface area contributed by atoms with Gasteiger partial charge in [0.05, 0.1) is 0 Å². The van der Waals surface area contributed by atoms with Crippen LogP contribution in [-0.2, 0) is 31.4 Å². The predicted molar refractivity (Wildman–Crippen MR) is 70.6 cm³/mol. The maximum atomic E-state index is 8.82. The first-order valence-electron chi connectivity index (χ1n) is 7.24. The first kappa shape index (κ1) is 21.4. The van der Waals surface area contributed by atoms with Crippen molar-refractivity contribution in [2.24, 2.45) is 0 Å². The minimum atomic E-state index is -3.97. The van der Waals surface area contributed by atoms with Gasteiger partial charge in [0, 0.05) is 0 Å². The Labute approximate surface area is 130 Å². The summed E-state index contributed by atoms with van der Waals surface area (Å²) in [4.78, 5) is 0. The van der Waals surface area contributed by atoms with Gasteiger partial charge in [0.2, 0.25) is 0 Å². The summed E-state index contributed by atoms with van der Waals surface area (Å²) in [6, 6.07) is 0. The van der Waals surface area contributed by atoms with Gasteiger partial charge < -0.3 is 0 Å². The quantitative estimate of drug-likeness (QED) is 0.216. The van der Waals surface area contributed by atoms with Crippen LogP contribution in [0.25, 0.3) is 0 Å². The van der Waals surface area contributed by atoms with Gasteiger partial charge in [0.25, 0.3) is 0 Å². The third-order valence-electron chi connectivity index (χ3n) is 2.33. The molecule has 4 N–H and O–H groups in total. The molecule has 9 heteroatoms. The Hall–Kier alpha value is 0.394. The van der Waals surface area contributed by atoms with Crippen molar-refractivity contribution in [3.8, 4) is 0 Å². The van der Waals surface area contributed by atoms with Crippen LogP contribution in [0, 0.1) is 0 Å². The molecule has 0 radical (unpaired) electrons. The molecular formula is C12H28O8Ti. The van der Waals surface area contributed by atoms with E-state index >= 15 is 0 Å². The van der Waals surface area contributed by atoms with E-state index in [-0.39, 0.29) is 52.9 Å². The van der Waals surface area contributed by atoms with Gasteiger partial charge in [-0.15, -0.1) is 0 Å². The van der Waals surface area contributed by atoms with E-state index in [9.17, 15) is 0 Å². The van der Waals surface area contributed by atoms with Crippen LogP contribution in [0.15, 0.2) is 0 Å². The number of hydrogen-bond donors (Lipinski definition) is 4. The van der Waals surface area contributed by atoms with E-state index in [1.54, 1.807) is 0 Å². The molecule has 0 aromatic heterocycles. The van der Waals surface area contributed by atoms with E-state index in [1.165, 1.54) is 0 Å². The number of rotatable bonds is 16. The Morgan fingerprint density at radius 3 is 0.905 bits per heavy atom. The Morgan fingerprint density at radius 2 is 0.714 bits per heavy atom. The molecule has 0 fully saturated rings. The second kappa shape index (κ2) is 15.3. The van der Waals surface area contributed by atoms with Crippen LogP contribution in [0.4, 0.5) is 0 Å². The van der Waals surface area contributed by atoms with Crippen LogP contribution in [0.3, 0.4) is 0 Å². The molecule has 0 atom stereocenters. The number of aliphatic hydroxyl groups is 4. The Morgan fingerprint density at radius 1 is 0.476 bits per heavy atom. The zero-order valence-corrected chi connectivity index (χ0v) is 14.0. The molecule has 0 bridgehead atoms. The molecule has 0 aliphatic carbocycles. The average Bonchev–Trinajstić information content (AvgIpc) is 2.48. The molecule has 0 aliphatic rings. The summed E-state index contributed by atoms with van der Waals surface area (Å²) in [5, 5.41) is 35.3. The third-order valence-corrected chi connectivity index (χ3v) is 5.81. The van der Waals surface area contributed by atoms with Crippen molar-refractivity contribution in [2.45, 2.75) is 25.7 Å². The molecule has 128 valence electrons. The van der Waals surface area contributed by atoms with Crippen LogP contribution in [-0.4, -0.2) is 73.3 Å². The van der Waals surface area contributed by atoms with Crippen molar-refractivity contribution in [3.63, 3.8) is 0 Å². The van der Waals surface area contributed by atoms with E-state index in [0.717, 1.165) is 0 Å². The Kier molecular flexibility index (Phi) is 15.6. The van der Waals surface area contributed by atoms with Crippen LogP contribution in [0.2, 0.25) is 0 Å². The fraction of sp³-hybridized carbons (Fsp3) is 1.00. The average molecular weight is 348 g/mol. The summed E-state index contributed by atoms with van der Waals surface area (Å²) >= 11 is -3.97. The second-order valence-corrected chi connectivity index (χ2v) is 7.57. The molecule has 0 saturated heterocycles. The second-order valence-electron chi connectivity index (χ2n) is 4.20. The molecular weight excluding hydrogens is 320 g/mol. The molecule has 0 rings (SSSR count). The van der Waals surface area contributed by atoms with Gasteiger partial charge in [-0.1, -0.05) is 0 Å².